The van der Waals surface area contributed by atoms with Crippen LogP contribution in [0.5, 0.6) is 69.0 Å². The number of aliphatic hydroxyl groups is 6. The summed E-state index contributed by atoms with van der Waals surface area (Å²) in [6, 6.07) is 18.1. The summed E-state index contributed by atoms with van der Waals surface area (Å²) in [5.41, 5.74) is 10.4. The first-order chi connectivity index (χ1) is 78.6. The smallest absolute Gasteiger partial charge is 0.161 e. The molecule has 12 aliphatic heterocycles. The average Bonchev–Trinajstić information content (AvgIpc) is 0.701. The minimum Gasteiger partial charge on any atom is -0.493 e. The fraction of sp³-hybridized carbons (Fsp3) is 0.684. The summed E-state index contributed by atoms with van der Waals surface area (Å²) in [6.07, 6.45) is -15.4. The molecule has 0 radical (unpaired) electrons. The first kappa shape index (κ1) is 71.0. The molecule has 18 rings (SSSR count). The third-order valence-electron chi connectivity index (χ3n) is 28.7. The van der Waals surface area contributed by atoms with Crippen LogP contribution in [0.25, 0.3) is 0 Å². The molecule has 6 saturated heterocycles. The van der Waals surface area contributed by atoms with Gasteiger partial charge in [0.05, 0.1) is 138 Å². The van der Waals surface area contributed by atoms with Crippen molar-refractivity contribution in [1.82, 2.24) is 29.4 Å². The average molecular weight is 1950 g/mol. The molecule has 0 bridgehead atoms. The zero-order chi connectivity index (χ0) is 128. The number of hydrogen-bond acceptors (Lipinski definition) is 24. The van der Waals surface area contributed by atoms with Gasteiger partial charge in [-0.1, -0.05) is 82.9 Å². The Labute approximate surface area is 873 Å². The van der Waals surface area contributed by atoms with Gasteiger partial charge in [-0.05, 0) is 326 Å². The molecule has 138 heavy (non-hydrogen) atoms. The molecule has 12 heterocycles. The number of fused-ring (bicyclic) bond motifs is 18. The Kier molecular flexibility index (Phi) is 25.3. The number of benzene rings is 6. The molecule has 20 unspecified atom stereocenters. The van der Waals surface area contributed by atoms with Crippen molar-refractivity contribution in [3.63, 3.8) is 0 Å². The molecule has 24 nitrogen and oxygen atoms in total. The number of piperidine rings is 6. The van der Waals surface area contributed by atoms with Crippen molar-refractivity contribution in [1.29, 1.82) is 0 Å². The Morgan fingerprint density at radius 1 is 0.297 bits per heavy atom. The molecule has 12 aliphatic rings. The van der Waals surface area contributed by atoms with Crippen LogP contribution in [0.4, 0.5) is 0 Å². The molecule has 768 valence electrons. The van der Waals surface area contributed by atoms with Gasteiger partial charge in [0.2, 0.25) is 0 Å². The van der Waals surface area contributed by atoms with Gasteiger partial charge >= 0.3 is 0 Å². The van der Waals surface area contributed by atoms with Gasteiger partial charge in [-0.25, -0.2) is 0 Å². The van der Waals surface area contributed by atoms with E-state index >= 15 is 0 Å². The van der Waals surface area contributed by atoms with E-state index in [0.717, 1.165) is 96.3 Å². The van der Waals surface area contributed by atoms with Crippen LogP contribution in [-0.4, -0.2) is 260 Å². The Morgan fingerprint density at radius 2 is 0.500 bits per heavy atom. The van der Waals surface area contributed by atoms with E-state index in [9.17, 15) is 30.6 Å². The van der Waals surface area contributed by atoms with Gasteiger partial charge in [0.25, 0.3) is 0 Å². The number of ether oxygens (including phenoxy) is 12. The van der Waals surface area contributed by atoms with Crippen LogP contribution < -0.4 is 56.8 Å². The highest BCUT2D eigenvalue weighted by atomic mass is 16.5. The SMILES string of the molecule is [2H]C([2H])([2H])C([2H])(C)C([2H])([2H])C1CN2CCc3cc(OC)c(OC)cc3C2CC1O.[2H]C([2H])([2H])Oc1cc2c(cc1OC)CCN1CC(C([2H])([2H])C([2H])(C)C([2H])([2H])[2H])C(O)CC21.[2H]C([2H])([2H])Oc1cc2c(cc1OC)CCN1CC(CC(C)C)C(O)CC21.[2H]C([2H])([2H])Oc1cc2c(cc1OC)CCN1CC([2H])(CC(C)C)C([2H])(O)C([2H])([2H])C21.[2H]C1(CC(C)C)CN2CCc3cc(OC)c(OC)cc3C2C([2H])([2H])C1([2H])O.[2H]C1(CC(C)C)CN2CCc3cc(OC)c(OC)cc3C2C([2H])([2H])C1([2H])O. The maximum atomic E-state index is 11.0. The van der Waals surface area contributed by atoms with Crippen molar-refractivity contribution in [3.8, 4) is 69.0 Å². The van der Waals surface area contributed by atoms with Crippen LogP contribution in [0.15, 0.2) is 72.8 Å². The number of hydrogen-bond donors (Lipinski definition) is 6. The second-order valence-corrected chi connectivity index (χ2v) is 39.9. The minimum absolute atomic E-state index is 0.00681. The standard InChI is InChI=1S/6C19H29NO3/c6*1-12(2)7-14-11-20-6-5-13-8-18(22-3)19(23-4)9-15(13)16(20)10-17(14)21/h6*8-9,12,14,16-17,21H,5-7,10-11H2,1-4H3/i4D3,10D2,14D,17D;1D3,4D3,7D2,12D;2*10D2,14D,17D;1D3,7D2,12D;4D3. The fourth-order valence-electron chi connectivity index (χ4n) is 22.2. The quantitative estimate of drug-likeness (QED) is 0.0329. The number of aliphatic hydroxyl groups excluding tert-OH is 3. The van der Waals surface area contributed by atoms with E-state index in [0.29, 0.717) is 139 Å². The van der Waals surface area contributed by atoms with Gasteiger partial charge in [0.15, 0.2) is 69.0 Å². The summed E-state index contributed by atoms with van der Waals surface area (Å²) < 4.78 is 330. The molecule has 0 spiro atoms. The van der Waals surface area contributed by atoms with Crippen molar-refractivity contribution in [2.45, 2.75) is 271 Å². The van der Waals surface area contributed by atoms with Crippen molar-refractivity contribution < 1.29 is 133 Å². The Hall–Kier alpha value is -7.56. The third kappa shape index (κ3) is 25.4. The monoisotopic (exact) mass is 1950 g/mol. The molecule has 24 heteroatoms. The molecule has 0 amide bonds. The molecule has 20 atom stereocenters. The highest BCUT2D eigenvalue weighted by Crippen LogP contribution is 2.52. The first-order valence-electron chi connectivity index (χ1n) is 65.2. The van der Waals surface area contributed by atoms with Gasteiger partial charge in [-0.2, -0.15) is 0 Å². The van der Waals surface area contributed by atoms with Crippen molar-refractivity contribution in [3.05, 3.63) is 140 Å². The highest BCUT2D eigenvalue weighted by Gasteiger charge is 2.47. The van der Waals surface area contributed by atoms with E-state index in [1.807, 2.05) is 86.6 Å². The second kappa shape index (κ2) is 49.1. The van der Waals surface area contributed by atoms with E-state index in [2.05, 4.69) is 23.6 Å². The van der Waals surface area contributed by atoms with Crippen molar-refractivity contribution in [2.75, 3.05) is 164 Å². The summed E-state index contributed by atoms with van der Waals surface area (Å²) in [5.74, 6) is -6.05. The lowest BCUT2D eigenvalue weighted by molar-refractivity contribution is -0.0192. The second-order valence-electron chi connectivity index (χ2n) is 39.9. The lowest BCUT2D eigenvalue weighted by Gasteiger charge is -2.46. The number of nitrogens with zero attached hydrogens (tertiary/aromatic N) is 6. The first-order valence-corrected chi connectivity index (χ1v) is 48.7. The van der Waals surface area contributed by atoms with Crippen LogP contribution in [0.1, 0.15) is 308 Å². The van der Waals surface area contributed by atoms with E-state index in [-0.39, 0.29) is 130 Å². The molecule has 0 aromatic heterocycles. The normalized spacial score (nSPS) is 36.8. The van der Waals surface area contributed by atoms with Crippen LogP contribution in [0.3, 0.4) is 0 Å². The minimum atomic E-state index is -2.86. The molecule has 6 aromatic rings. The third-order valence-corrected chi connectivity index (χ3v) is 28.7. The fourth-order valence-corrected chi connectivity index (χ4v) is 22.2. The molecule has 6 fully saturated rings. The van der Waals surface area contributed by atoms with E-state index in [1.165, 1.54) is 41.6 Å². The Bertz CT molecular complexity index is 6360. The molecule has 6 aromatic carbocycles. The van der Waals surface area contributed by atoms with Gasteiger partial charge in [0.1, 0.15) is 0 Å². The topological polar surface area (TPSA) is 252 Å². The summed E-state index contributed by atoms with van der Waals surface area (Å²) in [5, 5.41) is 65.4. The van der Waals surface area contributed by atoms with Crippen LogP contribution in [0, 0.1) is 70.9 Å². The molecular formula is C114H174N6O18. The van der Waals surface area contributed by atoms with Crippen LogP contribution >= 0.6 is 0 Å². The summed E-state index contributed by atoms with van der Waals surface area (Å²) in [4.78, 5) is 12.1. The molecule has 0 aliphatic carbocycles. The van der Waals surface area contributed by atoms with Crippen molar-refractivity contribution in [2.24, 2.45) is 70.9 Å². The zero-order valence-corrected chi connectivity index (χ0v) is 84.1. The number of rotatable bonds is 24. The van der Waals surface area contributed by atoms with E-state index in [1.54, 1.807) is 69.7 Å². The summed E-state index contributed by atoms with van der Waals surface area (Å²) in [7, 11) is 5.74. The molecular weight excluding hydrogens is 1740 g/mol. The Morgan fingerprint density at radius 3 is 0.717 bits per heavy atom. The molecule has 6 N–H and O–H groups in total. The van der Waals surface area contributed by atoms with Gasteiger partial charge < -0.3 is 87.5 Å². The number of methoxy groups -OCH3 is 12. The predicted molar refractivity (Wildman–Crippen MR) is 547 cm³/mol. The van der Waals surface area contributed by atoms with E-state index in [4.69, 9.17) is 102 Å². The van der Waals surface area contributed by atoms with Gasteiger partial charge in [-0.3, -0.25) is 29.4 Å². The summed E-state index contributed by atoms with van der Waals surface area (Å²) in [6.45, 7) is 17.6. The Balaban J connectivity index is 0.000000168. The van der Waals surface area contributed by atoms with E-state index < -0.39 is 157 Å². The maximum absolute atomic E-state index is 11.0. The van der Waals surface area contributed by atoms with Crippen molar-refractivity contribution >= 4 is 0 Å². The van der Waals surface area contributed by atoms with Gasteiger partial charge in [0, 0.05) is 144 Å². The maximum Gasteiger partial charge on any atom is 0.161 e. The van der Waals surface area contributed by atoms with Crippen LogP contribution in [0.2, 0.25) is 0 Å². The summed E-state index contributed by atoms with van der Waals surface area (Å²) >= 11 is 0. The van der Waals surface area contributed by atoms with Gasteiger partial charge in [-0.15, -0.1) is 0 Å². The molecule has 0 saturated carbocycles. The van der Waals surface area contributed by atoms with Crippen LogP contribution in [-0.2, 0) is 38.5 Å². The lowest BCUT2D eigenvalue weighted by atomic mass is 9.79. The predicted octanol–water partition coefficient (Wildman–Crippen LogP) is 18.2. The zero-order valence-electron chi connectivity index (χ0n) is 117. The largest absolute Gasteiger partial charge is 0.493 e. The lowest BCUT2D eigenvalue weighted by Crippen LogP contribution is -2.48. The highest BCUT2D eigenvalue weighted by molar-refractivity contribution is 5.55.